The largest absolute Gasteiger partial charge is 0.452 e. The SMILES string of the molecule is Cn1c(NC(=O)COC(=O)c2cc(S(=O)(=O)N3CCN(c4ccccc4)CC3)ccc2Cl)cc(=O)n(C)c1=O. The molecule has 0 aliphatic carbocycles. The molecule has 206 valence electrons. The third kappa shape index (κ3) is 6.05. The van der Waals surface area contributed by atoms with Crippen LogP contribution in [0.2, 0.25) is 5.02 Å². The van der Waals surface area contributed by atoms with E-state index < -0.39 is 39.8 Å². The van der Waals surface area contributed by atoms with Crippen LogP contribution in [0.3, 0.4) is 0 Å². The van der Waals surface area contributed by atoms with E-state index in [1.807, 2.05) is 30.3 Å². The summed E-state index contributed by atoms with van der Waals surface area (Å²) in [5, 5.41) is 2.27. The summed E-state index contributed by atoms with van der Waals surface area (Å²) in [6.45, 7) is 0.743. The number of carbonyl (C=O) groups excluding carboxylic acids is 2. The molecule has 3 aromatic rings. The van der Waals surface area contributed by atoms with Crippen molar-refractivity contribution in [1.29, 1.82) is 0 Å². The Balaban J connectivity index is 1.42. The second kappa shape index (κ2) is 11.4. The van der Waals surface area contributed by atoms with Crippen LogP contribution >= 0.6 is 11.6 Å². The average Bonchev–Trinajstić information content (AvgIpc) is 2.94. The van der Waals surface area contributed by atoms with E-state index in [1.165, 1.54) is 30.5 Å². The maximum absolute atomic E-state index is 13.3. The number of halogens is 1. The van der Waals surface area contributed by atoms with E-state index in [-0.39, 0.29) is 34.4 Å². The van der Waals surface area contributed by atoms with Gasteiger partial charge in [-0.2, -0.15) is 4.31 Å². The van der Waals surface area contributed by atoms with Gasteiger partial charge in [-0.3, -0.25) is 18.7 Å². The van der Waals surface area contributed by atoms with E-state index in [0.717, 1.165) is 27.0 Å². The topological polar surface area (TPSA) is 140 Å². The molecule has 0 atom stereocenters. The van der Waals surface area contributed by atoms with Crippen LogP contribution in [0.4, 0.5) is 11.5 Å². The Morgan fingerprint density at radius 3 is 2.28 bits per heavy atom. The third-order valence-electron chi connectivity index (χ3n) is 6.28. The maximum atomic E-state index is 13.3. The highest BCUT2D eigenvalue weighted by Gasteiger charge is 2.30. The molecule has 0 bridgehead atoms. The number of nitrogens with zero attached hydrogens (tertiary/aromatic N) is 4. The Morgan fingerprint density at radius 1 is 0.949 bits per heavy atom. The van der Waals surface area contributed by atoms with Crippen LogP contribution in [0.25, 0.3) is 0 Å². The fourth-order valence-corrected chi connectivity index (χ4v) is 5.68. The smallest absolute Gasteiger partial charge is 0.340 e. The lowest BCUT2D eigenvalue weighted by Gasteiger charge is -2.35. The number of hydrogen-bond donors (Lipinski definition) is 1. The lowest BCUT2D eigenvalue weighted by atomic mass is 10.2. The first-order valence-electron chi connectivity index (χ1n) is 11.8. The van der Waals surface area contributed by atoms with Crippen LogP contribution in [0, 0.1) is 0 Å². The minimum Gasteiger partial charge on any atom is -0.452 e. The fourth-order valence-electron chi connectivity index (χ4n) is 4.04. The summed E-state index contributed by atoms with van der Waals surface area (Å²) in [6, 6.07) is 14.4. The highest BCUT2D eigenvalue weighted by atomic mass is 35.5. The van der Waals surface area contributed by atoms with E-state index in [4.69, 9.17) is 16.3 Å². The van der Waals surface area contributed by atoms with Gasteiger partial charge in [0.25, 0.3) is 11.5 Å². The summed E-state index contributed by atoms with van der Waals surface area (Å²) in [6.07, 6.45) is 0. The van der Waals surface area contributed by atoms with Crippen LogP contribution in [0.15, 0.2) is 69.1 Å². The molecule has 1 amide bonds. The molecule has 1 N–H and O–H groups in total. The number of rotatable bonds is 7. The lowest BCUT2D eigenvalue weighted by molar-refractivity contribution is -0.119. The van der Waals surface area contributed by atoms with Gasteiger partial charge in [0.15, 0.2) is 6.61 Å². The molecular formula is C25H26ClN5O7S. The average molecular weight is 576 g/mol. The zero-order chi connectivity index (χ0) is 28.3. The highest BCUT2D eigenvalue weighted by Crippen LogP contribution is 2.25. The fraction of sp³-hybridized carbons (Fsp3) is 0.280. The van der Waals surface area contributed by atoms with Crippen molar-refractivity contribution in [2.24, 2.45) is 14.1 Å². The first-order valence-corrected chi connectivity index (χ1v) is 13.6. The Hall–Kier alpha value is -3.94. The highest BCUT2D eigenvalue weighted by molar-refractivity contribution is 7.89. The van der Waals surface area contributed by atoms with Gasteiger partial charge in [-0.15, -0.1) is 0 Å². The van der Waals surface area contributed by atoms with Gasteiger partial charge < -0.3 is 15.0 Å². The van der Waals surface area contributed by atoms with Gasteiger partial charge in [0.2, 0.25) is 10.0 Å². The number of esters is 1. The Kier molecular flexibility index (Phi) is 8.23. The molecule has 1 aliphatic rings. The number of sulfonamides is 1. The monoisotopic (exact) mass is 575 g/mol. The number of carbonyl (C=O) groups is 2. The van der Waals surface area contributed by atoms with Gasteiger partial charge in [0, 0.05) is 52.0 Å². The summed E-state index contributed by atoms with van der Waals surface area (Å²) in [4.78, 5) is 50.8. The van der Waals surface area contributed by atoms with Crippen molar-refractivity contribution in [3.63, 3.8) is 0 Å². The molecule has 4 rings (SSSR count). The summed E-state index contributed by atoms with van der Waals surface area (Å²) in [5.41, 5.74) is -0.501. The minimum atomic E-state index is -3.93. The number of hydrogen-bond acceptors (Lipinski definition) is 8. The number of ether oxygens (including phenoxy) is 1. The molecular weight excluding hydrogens is 550 g/mol. The van der Waals surface area contributed by atoms with Gasteiger partial charge >= 0.3 is 11.7 Å². The molecule has 0 radical (unpaired) electrons. The van der Waals surface area contributed by atoms with E-state index in [2.05, 4.69) is 10.2 Å². The van der Waals surface area contributed by atoms with Crippen molar-refractivity contribution in [3.05, 3.63) is 86.0 Å². The summed E-state index contributed by atoms with van der Waals surface area (Å²) in [5.74, 6) is -1.91. The standard InChI is InChI=1S/C25H26ClN5O7S/c1-28-21(15-23(33)29(2)25(28)35)27-22(32)16-38-24(34)19-14-18(8-9-20(19)26)39(36,37)31-12-10-30(11-13-31)17-6-4-3-5-7-17/h3-9,14-15H,10-13,16H2,1-2H3,(H,27,32). The first-order chi connectivity index (χ1) is 18.5. The van der Waals surface area contributed by atoms with E-state index >= 15 is 0 Å². The molecule has 1 aliphatic heterocycles. The Bertz CT molecular complexity index is 1630. The predicted molar refractivity (Wildman–Crippen MR) is 145 cm³/mol. The first kappa shape index (κ1) is 28.1. The number of amides is 1. The number of aromatic nitrogens is 2. The van der Waals surface area contributed by atoms with Gasteiger partial charge in [0.1, 0.15) is 5.82 Å². The molecule has 12 nitrogen and oxygen atoms in total. The van der Waals surface area contributed by atoms with Crippen molar-refractivity contribution in [3.8, 4) is 0 Å². The molecule has 0 unspecified atom stereocenters. The quantitative estimate of drug-likeness (QED) is 0.412. The predicted octanol–water partition coefficient (Wildman–Crippen LogP) is 1.04. The summed E-state index contributed by atoms with van der Waals surface area (Å²) >= 11 is 6.14. The number of anilines is 2. The molecule has 39 heavy (non-hydrogen) atoms. The molecule has 1 saturated heterocycles. The second-order valence-corrected chi connectivity index (χ2v) is 11.1. The Labute approximate surface area is 229 Å². The van der Waals surface area contributed by atoms with Crippen molar-refractivity contribution < 1.29 is 22.7 Å². The second-order valence-electron chi connectivity index (χ2n) is 8.76. The molecule has 0 spiro atoms. The van der Waals surface area contributed by atoms with Crippen molar-refractivity contribution >= 4 is 45.0 Å². The van der Waals surface area contributed by atoms with Crippen LogP contribution in [-0.2, 0) is 33.7 Å². The Morgan fingerprint density at radius 2 is 1.62 bits per heavy atom. The van der Waals surface area contributed by atoms with Crippen molar-refractivity contribution in [2.75, 3.05) is 43.0 Å². The molecule has 2 heterocycles. The van der Waals surface area contributed by atoms with Crippen molar-refractivity contribution in [2.45, 2.75) is 4.90 Å². The number of para-hydroxylation sites is 1. The number of nitrogens with one attached hydrogen (secondary N) is 1. The van der Waals surface area contributed by atoms with Gasteiger partial charge in [-0.25, -0.2) is 18.0 Å². The molecule has 1 fully saturated rings. The zero-order valence-corrected chi connectivity index (χ0v) is 22.7. The minimum absolute atomic E-state index is 0.0535. The third-order valence-corrected chi connectivity index (χ3v) is 8.51. The normalized spacial score (nSPS) is 14.2. The van der Waals surface area contributed by atoms with E-state index in [1.54, 1.807) is 0 Å². The van der Waals surface area contributed by atoms with Crippen LogP contribution in [0.5, 0.6) is 0 Å². The van der Waals surface area contributed by atoms with Crippen LogP contribution < -0.4 is 21.5 Å². The molecule has 0 saturated carbocycles. The summed E-state index contributed by atoms with van der Waals surface area (Å²) in [7, 11) is -1.28. The van der Waals surface area contributed by atoms with Gasteiger partial charge in [0.05, 0.1) is 15.5 Å². The van der Waals surface area contributed by atoms with Crippen LogP contribution in [0.1, 0.15) is 10.4 Å². The zero-order valence-electron chi connectivity index (χ0n) is 21.2. The van der Waals surface area contributed by atoms with Crippen LogP contribution in [-0.4, -0.2) is 66.5 Å². The van der Waals surface area contributed by atoms with E-state index in [9.17, 15) is 27.6 Å². The van der Waals surface area contributed by atoms with Crippen molar-refractivity contribution in [1.82, 2.24) is 13.4 Å². The number of piperazine rings is 1. The molecule has 2 aromatic carbocycles. The lowest BCUT2D eigenvalue weighted by Crippen LogP contribution is -2.48. The van der Waals surface area contributed by atoms with Gasteiger partial charge in [-0.1, -0.05) is 29.8 Å². The molecule has 1 aromatic heterocycles. The summed E-state index contributed by atoms with van der Waals surface area (Å²) < 4.78 is 34.9. The van der Waals surface area contributed by atoms with E-state index in [0.29, 0.717) is 13.1 Å². The number of benzene rings is 2. The molecule has 14 heteroatoms. The van der Waals surface area contributed by atoms with Gasteiger partial charge in [-0.05, 0) is 30.3 Å². The maximum Gasteiger partial charge on any atom is 0.340 e.